The van der Waals surface area contributed by atoms with Crippen LogP contribution in [0.15, 0.2) is 41.1 Å². The second-order valence-electron chi connectivity index (χ2n) is 4.21. The molecular formula is C13H14BrClN4. The van der Waals surface area contributed by atoms with Gasteiger partial charge in [-0.1, -0.05) is 17.7 Å². The highest BCUT2D eigenvalue weighted by Crippen LogP contribution is 2.26. The summed E-state index contributed by atoms with van der Waals surface area (Å²) in [5, 5.41) is 0.612. The fourth-order valence-corrected chi connectivity index (χ4v) is 2.52. The maximum atomic E-state index is 5.98. The summed E-state index contributed by atoms with van der Waals surface area (Å²) in [6, 6.07) is 7.32. The summed E-state index contributed by atoms with van der Waals surface area (Å²) in [7, 11) is 0. The Labute approximate surface area is 125 Å². The molecule has 6 heteroatoms. The molecule has 0 aliphatic rings. The Morgan fingerprint density at radius 2 is 2.11 bits per heavy atom. The monoisotopic (exact) mass is 340 g/mol. The van der Waals surface area contributed by atoms with Crippen LogP contribution >= 0.6 is 27.5 Å². The van der Waals surface area contributed by atoms with E-state index in [1.807, 2.05) is 12.1 Å². The maximum Gasteiger partial charge on any atom is 0.0521 e. The van der Waals surface area contributed by atoms with E-state index < -0.39 is 0 Å². The first kappa shape index (κ1) is 14.3. The van der Waals surface area contributed by atoms with Crippen LogP contribution in [0.3, 0.4) is 0 Å². The number of halogens is 2. The Bertz CT molecular complexity index is 576. The molecule has 0 spiro atoms. The molecule has 1 aromatic heterocycles. The molecule has 0 amide bonds. The number of nitrogens with zero attached hydrogens (tertiary/aromatic N) is 1. The normalized spacial score (nSPS) is 12.4. The van der Waals surface area contributed by atoms with Gasteiger partial charge in [0, 0.05) is 27.6 Å². The van der Waals surface area contributed by atoms with Crippen molar-refractivity contribution in [3.8, 4) is 0 Å². The first-order valence-corrected chi connectivity index (χ1v) is 6.87. The van der Waals surface area contributed by atoms with E-state index in [0.29, 0.717) is 17.1 Å². The molecule has 100 valence electrons. The highest BCUT2D eigenvalue weighted by Gasteiger charge is 2.14. The molecule has 4 nitrogen and oxygen atoms in total. The van der Waals surface area contributed by atoms with Crippen molar-refractivity contribution in [2.24, 2.45) is 5.84 Å². The van der Waals surface area contributed by atoms with Gasteiger partial charge in [0.05, 0.1) is 6.04 Å². The molecule has 1 unspecified atom stereocenters. The molecule has 2 rings (SSSR count). The van der Waals surface area contributed by atoms with Crippen molar-refractivity contribution in [1.29, 1.82) is 0 Å². The van der Waals surface area contributed by atoms with Crippen molar-refractivity contribution in [2.75, 3.05) is 5.73 Å². The molecule has 1 aromatic carbocycles. The lowest BCUT2D eigenvalue weighted by molar-refractivity contribution is 0.552. The van der Waals surface area contributed by atoms with Gasteiger partial charge in [-0.05, 0) is 51.7 Å². The van der Waals surface area contributed by atoms with E-state index in [1.54, 1.807) is 24.5 Å². The predicted octanol–water partition coefficient (Wildman–Crippen LogP) is 2.83. The maximum absolute atomic E-state index is 5.98. The minimum absolute atomic E-state index is 0.0895. The minimum atomic E-state index is -0.0895. The van der Waals surface area contributed by atoms with Crippen LogP contribution < -0.4 is 17.0 Å². The number of benzene rings is 1. The minimum Gasteiger partial charge on any atom is -0.398 e. The lowest BCUT2D eigenvalue weighted by Crippen LogP contribution is -2.30. The molecule has 5 N–H and O–H groups in total. The number of hydrogen-bond acceptors (Lipinski definition) is 4. The van der Waals surface area contributed by atoms with Gasteiger partial charge >= 0.3 is 0 Å². The summed E-state index contributed by atoms with van der Waals surface area (Å²) in [5.74, 6) is 5.63. The summed E-state index contributed by atoms with van der Waals surface area (Å²) in [6.07, 6.45) is 4.24. The number of aromatic nitrogens is 1. The summed E-state index contributed by atoms with van der Waals surface area (Å²) >= 11 is 9.30. The van der Waals surface area contributed by atoms with Gasteiger partial charge < -0.3 is 5.73 Å². The molecule has 19 heavy (non-hydrogen) atoms. The van der Waals surface area contributed by atoms with Crippen LogP contribution in [0.5, 0.6) is 0 Å². The number of hydrogen-bond donors (Lipinski definition) is 3. The molecule has 1 atom stereocenters. The van der Waals surface area contributed by atoms with Gasteiger partial charge in [0.2, 0.25) is 0 Å². The lowest BCUT2D eigenvalue weighted by Gasteiger charge is -2.18. The Balaban J connectivity index is 2.25. The molecule has 0 saturated heterocycles. The predicted molar refractivity (Wildman–Crippen MR) is 81.6 cm³/mol. The second kappa shape index (κ2) is 6.34. The Morgan fingerprint density at radius 3 is 2.74 bits per heavy atom. The Kier molecular flexibility index (Phi) is 4.76. The first-order valence-electron chi connectivity index (χ1n) is 5.70. The number of nitrogen functional groups attached to an aromatic ring is 1. The Hall–Kier alpha value is -1.14. The quantitative estimate of drug-likeness (QED) is 0.454. The molecule has 1 heterocycles. The van der Waals surface area contributed by atoms with Crippen molar-refractivity contribution in [1.82, 2.24) is 10.4 Å². The Morgan fingerprint density at radius 1 is 1.32 bits per heavy atom. The molecule has 0 aliphatic carbocycles. The van der Waals surface area contributed by atoms with Crippen molar-refractivity contribution in [3.05, 3.63) is 57.3 Å². The van der Waals surface area contributed by atoms with Crippen LogP contribution in [0.25, 0.3) is 0 Å². The largest absolute Gasteiger partial charge is 0.398 e. The summed E-state index contributed by atoms with van der Waals surface area (Å²) in [5.41, 5.74) is 11.4. The highest BCUT2D eigenvalue weighted by atomic mass is 79.9. The number of pyridine rings is 1. The standard InChI is InChI=1S/C13H14BrClN4/c14-9-3-8(6-18-7-9)4-13(19-17)11-2-1-10(15)5-12(11)16/h1-3,5-7,13,19H,4,16-17H2. The summed E-state index contributed by atoms with van der Waals surface area (Å²) in [6.45, 7) is 0. The van der Waals surface area contributed by atoms with E-state index in [4.69, 9.17) is 23.2 Å². The SMILES string of the molecule is NNC(Cc1cncc(Br)c1)c1ccc(Cl)cc1N. The fraction of sp³-hybridized carbons (Fsp3) is 0.154. The van der Waals surface area contributed by atoms with Gasteiger partial charge in [0.15, 0.2) is 0 Å². The van der Waals surface area contributed by atoms with Crippen molar-refractivity contribution < 1.29 is 0 Å². The summed E-state index contributed by atoms with van der Waals surface area (Å²) < 4.78 is 0.935. The van der Waals surface area contributed by atoms with E-state index in [9.17, 15) is 0 Å². The first-order chi connectivity index (χ1) is 9.10. The lowest BCUT2D eigenvalue weighted by atomic mass is 9.99. The third kappa shape index (κ3) is 3.67. The van der Waals surface area contributed by atoms with Crippen LogP contribution in [0.1, 0.15) is 17.2 Å². The second-order valence-corrected chi connectivity index (χ2v) is 5.56. The third-order valence-corrected chi connectivity index (χ3v) is 3.50. The average molecular weight is 342 g/mol. The van der Waals surface area contributed by atoms with Crippen LogP contribution in [0.2, 0.25) is 5.02 Å². The van der Waals surface area contributed by atoms with Crippen LogP contribution in [0, 0.1) is 0 Å². The number of nitrogens with one attached hydrogen (secondary N) is 1. The van der Waals surface area contributed by atoms with Crippen molar-refractivity contribution >= 4 is 33.2 Å². The van der Waals surface area contributed by atoms with E-state index >= 15 is 0 Å². The zero-order valence-corrected chi connectivity index (χ0v) is 12.4. The highest BCUT2D eigenvalue weighted by molar-refractivity contribution is 9.10. The number of nitrogens with two attached hydrogens (primary N) is 2. The molecule has 2 aromatic rings. The third-order valence-electron chi connectivity index (χ3n) is 2.83. The van der Waals surface area contributed by atoms with Crippen LogP contribution in [0.4, 0.5) is 5.69 Å². The molecule has 0 radical (unpaired) electrons. The van der Waals surface area contributed by atoms with Crippen molar-refractivity contribution in [2.45, 2.75) is 12.5 Å². The van der Waals surface area contributed by atoms with Gasteiger partial charge in [0.25, 0.3) is 0 Å². The molecule has 0 fully saturated rings. The van der Waals surface area contributed by atoms with Crippen molar-refractivity contribution in [3.63, 3.8) is 0 Å². The van der Waals surface area contributed by atoms with E-state index in [-0.39, 0.29) is 6.04 Å². The number of anilines is 1. The van der Waals surface area contributed by atoms with Gasteiger partial charge in [-0.2, -0.15) is 0 Å². The number of hydrazine groups is 1. The average Bonchev–Trinajstić information content (AvgIpc) is 2.37. The van der Waals surface area contributed by atoms with E-state index in [0.717, 1.165) is 15.6 Å². The van der Waals surface area contributed by atoms with Gasteiger partial charge in [-0.3, -0.25) is 16.3 Å². The zero-order valence-electron chi connectivity index (χ0n) is 10.1. The fourth-order valence-electron chi connectivity index (χ4n) is 1.92. The summed E-state index contributed by atoms with van der Waals surface area (Å²) in [4.78, 5) is 4.13. The molecule has 0 saturated carbocycles. The molecule has 0 aliphatic heterocycles. The van der Waals surface area contributed by atoms with Gasteiger partial charge in [0.1, 0.15) is 0 Å². The topological polar surface area (TPSA) is 77.0 Å². The van der Waals surface area contributed by atoms with E-state index in [2.05, 4.69) is 26.3 Å². The van der Waals surface area contributed by atoms with Crippen LogP contribution in [-0.2, 0) is 6.42 Å². The molecule has 0 bridgehead atoms. The van der Waals surface area contributed by atoms with E-state index in [1.165, 1.54) is 0 Å². The van der Waals surface area contributed by atoms with Crippen LogP contribution in [-0.4, -0.2) is 4.98 Å². The number of rotatable bonds is 4. The van der Waals surface area contributed by atoms with Gasteiger partial charge in [-0.15, -0.1) is 0 Å². The smallest absolute Gasteiger partial charge is 0.0521 e. The zero-order chi connectivity index (χ0) is 13.8. The van der Waals surface area contributed by atoms with Gasteiger partial charge in [-0.25, -0.2) is 0 Å². The molecular weight excluding hydrogens is 328 g/mol.